The van der Waals surface area contributed by atoms with E-state index < -0.39 is 0 Å². The van der Waals surface area contributed by atoms with E-state index in [0.29, 0.717) is 31.7 Å². The Bertz CT molecular complexity index is 641. The van der Waals surface area contributed by atoms with Gasteiger partial charge in [-0.3, -0.25) is 9.78 Å². The van der Waals surface area contributed by atoms with Crippen molar-refractivity contribution >= 4 is 44.2 Å². The summed E-state index contributed by atoms with van der Waals surface area (Å²) in [6.45, 7) is 2.87. The number of benzene rings is 1. The Morgan fingerprint density at radius 1 is 1.48 bits per heavy atom. The normalized spacial score (nSPS) is 10.6. The SMILES string of the molecule is CCOC(=O)CCCNc1c(N)cnc2ccc(Br)cc12. The zero-order chi connectivity index (χ0) is 15.2. The standard InChI is InChI=1S/C15H18BrN3O2/c1-2-21-14(20)4-3-7-18-15-11-8-10(16)5-6-13(11)19-9-12(15)17/h5-6,8-9H,2-4,7,17H2,1H3,(H,18,19). The molecule has 1 heterocycles. The average molecular weight is 352 g/mol. The van der Waals surface area contributed by atoms with Crippen LogP contribution in [0, 0.1) is 0 Å². The summed E-state index contributed by atoms with van der Waals surface area (Å²) in [5.41, 5.74) is 8.32. The fraction of sp³-hybridized carbons (Fsp3) is 0.333. The van der Waals surface area contributed by atoms with Gasteiger partial charge in [-0.15, -0.1) is 0 Å². The van der Waals surface area contributed by atoms with E-state index in [-0.39, 0.29) is 5.97 Å². The van der Waals surface area contributed by atoms with Crippen LogP contribution in [-0.2, 0) is 9.53 Å². The molecule has 112 valence electrons. The molecule has 0 spiro atoms. The van der Waals surface area contributed by atoms with Crippen LogP contribution in [0.3, 0.4) is 0 Å². The number of ether oxygens (including phenoxy) is 1. The van der Waals surface area contributed by atoms with Crippen LogP contribution in [0.2, 0.25) is 0 Å². The van der Waals surface area contributed by atoms with Crippen LogP contribution in [0.5, 0.6) is 0 Å². The van der Waals surface area contributed by atoms with E-state index in [9.17, 15) is 4.79 Å². The summed E-state index contributed by atoms with van der Waals surface area (Å²) in [6.07, 6.45) is 2.73. The summed E-state index contributed by atoms with van der Waals surface area (Å²) in [4.78, 5) is 15.6. The summed E-state index contributed by atoms with van der Waals surface area (Å²) in [7, 11) is 0. The van der Waals surface area contributed by atoms with Gasteiger partial charge >= 0.3 is 5.97 Å². The van der Waals surface area contributed by atoms with Crippen molar-refractivity contribution < 1.29 is 9.53 Å². The van der Waals surface area contributed by atoms with Crippen LogP contribution in [0.15, 0.2) is 28.9 Å². The number of halogens is 1. The molecule has 0 aliphatic heterocycles. The first-order valence-corrected chi connectivity index (χ1v) is 7.64. The Kier molecular flexibility index (Phi) is 5.38. The van der Waals surface area contributed by atoms with Gasteiger partial charge in [0.1, 0.15) is 0 Å². The molecule has 21 heavy (non-hydrogen) atoms. The Morgan fingerprint density at radius 2 is 2.29 bits per heavy atom. The van der Waals surface area contributed by atoms with Gasteiger partial charge in [-0.1, -0.05) is 15.9 Å². The largest absolute Gasteiger partial charge is 0.466 e. The van der Waals surface area contributed by atoms with E-state index >= 15 is 0 Å². The minimum absolute atomic E-state index is 0.172. The minimum Gasteiger partial charge on any atom is -0.466 e. The lowest BCUT2D eigenvalue weighted by molar-refractivity contribution is -0.143. The van der Waals surface area contributed by atoms with Crippen LogP contribution in [0.25, 0.3) is 10.9 Å². The predicted molar refractivity (Wildman–Crippen MR) is 88.2 cm³/mol. The lowest BCUT2D eigenvalue weighted by Gasteiger charge is -2.12. The second-order valence-electron chi connectivity index (χ2n) is 4.59. The summed E-state index contributed by atoms with van der Waals surface area (Å²) in [6, 6.07) is 5.85. The van der Waals surface area contributed by atoms with Gasteiger partial charge in [-0.05, 0) is 31.5 Å². The van der Waals surface area contributed by atoms with Crippen molar-refractivity contribution in [3.05, 3.63) is 28.9 Å². The van der Waals surface area contributed by atoms with Gasteiger partial charge in [0.05, 0.1) is 29.7 Å². The van der Waals surface area contributed by atoms with Gasteiger partial charge in [-0.2, -0.15) is 0 Å². The van der Waals surface area contributed by atoms with Gasteiger partial charge in [0.25, 0.3) is 0 Å². The first-order chi connectivity index (χ1) is 10.1. The molecule has 2 aromatic rings. The lowest BCUT2D eigenvalue weighted by atomic mass is 10.1. The smallest absolute Gasteiger partial charge is 0.305 e. The molecule has 0 saturated carbocycles. The van der Waals surface area contributed by atoms with Crippen LogP contribution >= 0.6 is 15.9 Å². The molecular weight excluding hydrogens is 334 g/mol. The van der Waals surface area contributed by atoms with Crippen LogP contribution in [0.4, 0.5) is 11.4 Å². The number of rotatable bonds is 6. The quantitative estimate of drug-likeness (QED) is 0.616. The van der Waals surface area contributed by atoms with Crippen molar-refractivity contribution in [2.24, 2.45) is 0 Å². The number of aromatic nitrogens is 1. The highest BCUT2D eigenvalue weighted by Gasteiger charge is 2.07. The Morgan fingerprint density at radius 3 is 3.05 bits per heavy atom. The molecular formula is C15H18BrN3O2. The molecule has 0 fully saturated rings. The third kappa shape index (κ3) is 4.07. The van der Waals surface area contributed by atoms with Gasteiger partial charge in [0, 0.05) is 22.8 Å². The molecule has 0 bridgehead atoms. The van der Waals surface area contributed by atoms with Crippen molar-refractivity contribution in [2.45, 2.75) is 19.8 Å². The fourth-order valence-electron chi connectivity index (χ4n) is 2.06. The zero-order valence-electron chi connectivity index (χ0n) is 11.9. The topological polar surface area (TPSA) is 77.2 Å². The van der Waals surface area contributed by atoms with E-state index in [0.717, 1.165) is 21.1 Å². The molecule has 0 unspecified atom stereocenters. The molecule has 0 atom stereocenters. The van der Waals surface area contributed by atoms with Crippen molar-refractivity contribution in [3.63, 3.8) is 0 Å². The summed E-state index contributed by atoms with van der Waals surface area (Å²) >= 11 is 3.45. The predicted octanol–water partition coefficient (Wildman–Crippen LogP) is 3.33. The van der Waals surface area contributed by atoms with E-state index in [1.165, 1.54) is 0 Å². The Balaban J connectivity index is 2.06. The molecule has 0 amide bonds. The maximum absolute atomic E-state index is 11.3. The maximum atomic E-state index is 11.3. The minimum atomic E-state index is -0.172. The number of anilines is 2. The van der Waals surface area contributed by atoms with E-state index in [1.807, 2.05) is 18.2 Å². The molecule has 1 aromatic carbocycles. The zero-order valence-corrected chi connectivity index (χ0v) is 13.4. The number of nitrogens with zero attached hydrogens (tertiary/aromatic N) is 1. The molecule has 2 rings (SSSR count). The van der Waals surface area contributed by atoms with Crippen molar-refractivity contribution in [2.75, 3.05) is 24.2 Å². The lowest BCUT2D eigenvalue weighted by Crippen LogP contribution is -2.09. The number of nitrogens with one attached hydrogen (secondary N) is 1. The molecule has 0 saturated heterocycles. The summed E-state index contributed by atoms with van der Waals surface area (Å²) in [5, 5.41) is 4.25. The second-order valence-corrected chi connectivity index (χ2v) is 5.50. The van der Waals surface area contributed by atoms with E-state index in [4.69, 9.17) is 10.5 Å². The number of hydrogen-bond acceptors (Lipinski definition) is 5. The number of hydrogen-bond donors (Lipinski definition) is 2. The molecule has 0 aliphatic rings. The third-order valence-corrected chi connectivity index (χ3v) is 3.52. The number of carbonyl (C=O) groups excluding carboxylic acids is 1. The highest BCUT2D eigenvalue weighted by atomic mass is 79.9. The third-order valence-electron chi connectivity index (χ3n) is 3.02. The Labute approximate surface area is 132 Å². The molecule has 5 nitrogen and oxygen atoms in total. The average Bonchev–Trinajstić information content (AvgIpc) is 2.45. The monoisotopic (exact) mass is 351 g/mol. The van der Waals surface area contributed by atoms with Crippen molar-refractivity contribution in [1.29, 1.82) is 0 Å². The van der Waals surface area contributed by atoms with Crippen molar-refractivity contribution in [1.82, 2.24) is 4.98 Å². The van der Waals surface area contributed by atoms with Gasteiger partial charge in [0.2, 0.25) is 0 Å². The highest BCUT2D eigenvalue weighted by Crippen LogP contribution is 2.29. The number of nitrogen functional groups attached to an aromatic ring is 1. The molecule has 3 N–H and O–H groups in total. The first kappa shape index (κ1) is 15.6. The highest BCUT2D eigenvalue weighted by molar-refractivity contribution is 9.10. The fourth-order valence-corrected chi connectivity index (χ4v) is 2.42. The first-order valence-electron chi connectivity index (χ1n) is 6.85. The summed E-state index contributed by atoms with van der Waals surface area (Å²) < 4.78 is 5.87. The number of nitrogens with two attached hydrogens (primary N) is 1. The maximum Gasteiger partial charge on any atom is 0.305 e. The number of fused-ring (bicyclic) bond motifs is 1. The number of carbonyl (C=O) groups is 1. The number of pyridine rings is 1. The van der Waals surface area contributed by atoms with E-state index in [1.54, 1.807) is 13.1 Å². The Hall–Kier alpha value is -1.82. The molecule has 1 aromatic heterocycles. The number of esters is 1. The molecule has 0 radical (unpaired) electrons. The van der Waals surface area contributed by atoms with Gasteiger partial charge < -0.3 is 15.8 Å². The molecule has 0 aliphatic carbocycles. The van der Waals surface area contributed by atoms with E-state index in [2.05, 4.69) is 26.2 Å². The van der Waals surface area contributed by atoms with Crippen LogP contribution in [-0.4, -0.2) is 24.1 Å². The molecule has 6 heteroatoms. The summed E-state index contributed by atoms with van der Waals surface area (Å²) in [5.74, 6) is -0.172. The van der Waals surface area contributed by atoms with Crippen LogP contribution in [0.1, 0.15) is 19.8 Å². The van der Waals surface area contributed by atoms with Gasteiger partial charge in [-0.25, -0.2) is 0 Å². The second kappa shape index (κ2) is 7.26. The van der Waals surface area contributed by atoms with Gasteiger partial charge in [0.15, 0.2) is 0 Å². The van der Waals surface area contributed by atoms with Crippen molar-refractivity contribution in [3.8, 4) is 0 Å². The van der Waals surface area contributed by atoms with Crippen LogP contribution < -0.4 is 11.1 Å².